The largest absolute Gasteiger partial charge is 0.443 e. The summed E-state index contributed by atoms with van der Waals surface area (Å²) >= 11 is 0. The molecule has 3 aliphatic rings. The van der Waals surface area contributed by atoms with Crippen LogP contribution in [0.25, 0.3) is 0 Å². The second-order valence-electron chi connectivity index (χ2n) is 10.8. The van der Waals surface area contributed by atoms with Gasteiger partial charge < -0.3 is 34.9 Å². The molecule has 1 aromatic rings. The Hall–Kier alpha value is -2.46. The Morgan fingerprint density at radius 2 is 1.95 bits per heavy atom. The highest BCUT2D eigenvalue weighted by Gasteiger charge is 2.72. The fourth-order valence-corrected chi connectivity index (χ4v) is 5.68. The van der Waals surface area contributed by atoms with Crippen molar-refractivity contribution >= 4 is 17.7 Å². The Morgan fingerprint density at radius 1 is 1.22 bits per heavy atom. The zero-order valence-corrected chi connectivity index (χ0v) is 22.6. The van der Waals surface area contributed by atoms with E-state index in [4.69, 9.17) is 18.9 Å². The third-order valence-electron chi connectivity index (χ3n) is 7.75. The molecule has 2 aliphatic heterocycles. The van der Waals surface area contributed by atoms with Gasteiger partial charge in [-0.3, -0.25) is 4.79 Å². The van der Waals surface area contributed by atoms with E-state index < -0.39 is 6.09 Å². The molecular weight excluding hydrogens is 474 g/mol. The molecule has 9 nitrogen and oxygen atoms in total. The monoisotopic (exact) mass is 515 g/mol. The Balaban J connectivity index is 1.28. The molecule has 1 aromatic carbocycles. The van der Waals surface area contributed by atoms with Gasteiger partial charge in [0, 0.05) is 19.3 Å². The van der Waals surface area contributed by atoms with E-state index in [1.165, 1.54) is 5.57 Å². The first kappa shape index (κ1) is 27.6. The summed E-state index contributed by atoms with van der Waals surface area (Å²) in [6.45, 7) is 7.71. The second-order valence-corrected chi connectivity index (χ2v) is 10.8. The number of anilines is 1. The molecule has 3 unspecified atom stereocenters. The Morgan fingerprint density at radius 3 is 2.57 bits per heavy atom. The Bertz CT molecular complexity index is 988. The van der Waals surface area contributed by atoms with Crippen molar-refractivity contribution in [1.82, 2.24) is 10.6 Å². The van der Waals surface area contributed by atoms with Gasteiger partial charge in [-0.2, -0.15) is 0 Å². The van der Waals surface area contributed by atoms with E-state index in [0.717, 1.165) is 24.1 Å². The van der Waals surface area contributed by atoms with E-state index >= 15 is 0 Å². The van der Waals surface area contributed by atoms with Crippen molar-refractivity contribution in [3.05, 3.63) is 41.5 Å². The average molecular weight is 516 g/mol. The highest BCUT2D eigenvalue weighted by Crippen LogP contribution is 2.59. The molecule has 37 heavy (non-hydrogen) atoms. The van der Waals surface area contributed by atoms with Crippen LogP contribution in [0.1, 0.15) is 45.6 Å². The summed E-state index contributed by atoms with van der Waals surface area (Å²) < 4.78 is 24.0. The number of epoxide rings is 2. The maximum Gasteiger partial charge on any atom is 0.407 e. The van der Waals surface area contributed by atoms with Crippen molar-refractivity contribution in [1.29, 1.82) is 0 Å². The van der Waals surface area contributed by atoms with Gasteiger partial charge in [0.05, 0.1) is 25.2 Å². The summed E-state index contributed by atoms with van der Waals surface area (Å²) in [4.78, 5) is 24.4. The number of hydrogen-bond acceptors (Lipinski definition) is 7. The number of carbonyl (C=O) groups is 2. The van der Waals surface area contributed by atoms with E-state index in [0.29, 0.717) is 26.0 Å². The molecule has 3 fully saturated rings. The highest BCUT2D eigenvalue weighted by atomic mass is 16.6. The zero-order chi connectivity index (χ0) is 26.6. The number of methoxy groups -OCH3 is 1. The minimum Gasteiger partial charge on any atom is -0.443 e. The number of allylic oxidation sites excluding steroid dienone is 1. The van der Waals surface area contributed by atoms with E-state index in [2.05, 4.69) is 42.8 Å². The average Bonchev–Trinajstić information content (AvgIpc) is 3.77. The van der Waals surface area contributed by atoms with Crippen LogP contribution >= 0.6 is 0 Å². The SMILES string of the molecule is CNCC(=O)Nc1ccc(CCNC(=O)OC2CC[C@]3(CO3)C([C@@]3(C)O[C@@H]3CC=C(C)C)C2OC)cc1. The first-order valence-corrected chi connectivity index (χ1v) is 13.2. The normalized spacial score (nSPS) is 31.9. The summed E-state index contributed by atoms with van der Waals surface area (Å²) in [5.41, 5.74) is 2.45. The van der Waals surface area contributed by atoms with E-state index in [1.807, 2.05) is 24.3 Å². The van der Waals surface area contributed by atoms with Gasteiger partial charge in [0.2, 0.25) is 5.91 Å². The molecule has 1 aliphatic carbocycles. The lowest BCUT2D eigenvalue weighted by molar-refractivity contribution is -0.118. The second kappa shape index (κ2) is 11.5. The lowest BCUT2D eigenvalue weighted by atomic mass is 9.68. The highest BCUT2D eigenvalue weighted by molar-refractivity contribution is 5.92. The van der Waals surface area contributed by atoms with Crippen LogP contribution in [0.2, 0.25) is 0 Å². The van der Waals surface area contributed by atoms with E-state index in [9.17, 15) is 9.59 Å². The van der Waals surface area contributed by atoms with Gasteiger partial charge in [0.25, 0.3) is 0 Å². The van der Waals surface area contributed by atoms with Crippen molar-refractivity contribution < 1.29 is 28.5 Å². The van der Waals surface area contributed by atoms with Crippen molar-refractivity contribution in [2.45, 2.75) is 76.0 Å². The number of alkyl carbamates (subject to hydrolysis) is 1. The van der Waals surface area contributed by atoms with Crippen LogP contribution in [-0.2, 0) is 30.2 Å². The molecule has 2 amide bonds. The molecule has 2 saturated heterocycles. The lowest BCUT2D eigenvalue weighted by Crippen LogP contribution is -2.56. The first-order chi connectivity index (χ1) is 17.7. The van der Waals surface area contributed by atoms with Crippen LogP contribution < -0.4 is 16.0 Å². The smallest absolute Gasteiger partial charge is 0.407 e. The third kappa shape index (κ3) is 6.52. The van der Waals surface area contributed by atoms with Gasteiger partial charge in [0.1, 0.15) is 23.4 Å². The zero-order valence-electron chi connectivity index (χ0n) is 22.6. The molecule has 0 radical (unpaired) electrons. The van der Waals surface area contributed by atoms with Crippen molar-refractivity contribution in [2.75, 3.05) is 39.2 Å². The van der Waals surface area contributed by atoms with Crippen LogP contribution in [0.5, 0.6) is 0 Å². The minimum absolute atomic E-state index is 0.000717. The molecule has 0 aromatic heterocycles. The standard InChI is InChI=1S/C28H41N3O6/c1-18(2)6-11-22-27(3,37-22)25-24(34-5)21(12-14-28(25)17-35-28)36-26(33)30-15-13-19-7-9-20(10-8-19)31-23(32)16-29-4/h6-10,21-22,24-25,29H,11-17H2,1-5H3,(H,30,33)(H,31,32)/t21?,22-,24?,25?,27+,28+/m1/s1. The number of ether oxygens (including phenoxy) is 4. The molecule has 1 spiro atoms. The molecule has 1 saturated carbocycles. The lowest BCUT2D eigenvalue weighted by Gasteiger charge is -2.42. The van der Waals surface area contributed by atoms with Gasteiger partial charge in [-0.05, 0) is 71.2 Å². The summed E-state index contributed by atoms with van der Waals surface area (Å²) in [6.07, 6.45) is 4.23. The predicted molar refractivity (Wildman–Crippen MR) is 141 cm³/mol. The van der Waals surface area contributed by atoms with Gasteiger partial charge >= 0.3 is 6.09 Å². The molecule has 204 valence electrons. The van der Waals surface area contributed by atoms with Crippen LogP contribution in [0.3, 0.4) is 0 Å². The van der Waals surface area contributed by atoms with Gasteiger partial charge in [-0.1, -0.05) is 23.8 Å². The summed E-state index contributed by atoms with van der Waals surface area (Å²) in [5.74, 6) is -0.0944. The molecule has 4 rings (SSSR count). The minimum atomic E-state index is -0.447. The van der Waals surface area contributed by atoms with Gasteiger partial charge in [-0.15, -0.1) is 0 Å². The maximum atomic E-state index is 12.7. The molecule has 0 bridgehead atoms. The summed E-state index contributed by atoms with van der Waals surface area (Å²) in [7, 11) is 3.40. The fraction of sp³-hybridized carbons (Fsp3) is 0.643. The van der Waals surface area contributed by atoms with Gasteiger partial charge in [-0.25, -0.2) is 4.79 Å². The van der Waals surface area contributed by atoms with Crippen molar-refractivity contribution in [2.24, 2.45) is 5.92 Å². The van der Waals surface area contributed by atoms with Crippen LogP contribution in [-0.4, -0.2) is 75.4 Å². The van der Waals surface area contributed by atoms with Crippen molar-refractivity contribution in [3.63, 3.8) is 0 Å². The van der Waals surface area contributed by atoms with Crippen LogP contribution in [0, 0.1) is 5.92 Å². The third-order valence-corrected chi connectivity index (χ3v) is 7.75. The molecule has 9 heteroatoms. The quantitative estimate of drug-likeness (QED) is 0.306. The number of benzene rings is 1. The first-order valence-electron chi connectivity index (χ1n) is 13.2. The Kier molecular flexibility index (Phi) is 8.58. The number of hydrogen-bond donors (Lipinski definition) is 3. The summed E-state index contributed by atoms with van der Waals surface area (Å²) in [5, 5.41) is 8.50. The predicted octanol–water partition coefficient (Wildman–Crippen LogP) is 3.19. The number of rotatable bonds is 11. The van der Waals surface area contributed by atoms with Crippen LogP contribution in [0.4, 0.5) is 10.5 Å². The number of carbonyl (C=O) groups excluding carboxylic acids is 2. The number of nitrogens with one attached hydrogen (secondary N) is 3. The van der Waals surface area contributed by atoms with E-state index in [1.54, 1.807) is 14.2 Å². The number of likely N-dealkylation sites (N-methyl/N-ethyl adjacent to an activating group) is 1. The van der Waals surface area contributed by atoms with Gasteiger partial charge in [0.15, 0.2) is 0 Å². The molecule has 2 heterocycles. The number of amides is 2. The topological polar surface area (TPSA) is 114 Å². The maximum absolute atomic E-state index is 12.7. The molecule has 3 N–H and O–H groups in total. The summed E-state index contributed by atoms with van der Waals surface area (Å²) in [6, 6.07) is 7.58. The molecular formula is C28H41N3O6. The van der Waals surface area contributed by atoms with Crippen molar-refractivity contribution in [3.8, 4) is 0 Å². The fourth-order valence-electron chi connectivity index (χ4n) is 5.68. The van der Waals surface area contributed by atoms with Crippen LogP contribution in [0.15, 0.2) is 35.9 Å². The molecule has 6 atom stereocenters. The van der Waals surface area contributed by atoms with E-state index in [-0.39, 0.29) is 47.9 Å². The Labute approximate surface area is 219 Å².